The van der Waals surface area contributed by atoms with Gasteiger partial charge in [-0.1, -0.05) is 18.2 Å². The van der Waals surface area contributed by atoms with Gasteiger partial charge in [0.1, 0.15) is 11.4 Å². The van der Waals surface area contributed by atoms with E-state index >= 15 is 0 Å². The standard InChI is InChI=1S/C19H18F3N5O2/c1-27(18(24)25)17(28)13-8-11-12(19(20,21)22)6-7-15(16(11)26-13)29-14-5-3-2-4-10(14)9-23/h2-8,26H,9,23H2,1H3,(H3,24,25). The smallest absolute Gasteiger partial charge is 0.417 e. The Labute approximate surface area is 163 Å². The Kier molecular flexibility index (Phi) is 5.21. The number of alkyl halides is 3. The van der Waals surface area contributed by atoms with Gasteiger partial charge in [0.05, 0.1) is 11.1 Å². The van der Waals surface area contributed by atoms with E-state index in [2.05, 4.69) is 4.98 Å². The number of guanidine groups is 1. The highest BCUT2D eigenvalue weighted by molar-refractivity contribution is 6.06. The van der Waals surface area contributed by atoms with Gasteiger partial charge in [-0.15, -0.1) is 0 Å². The van der Waals surface area contributed by atoms with Crippen LogP contribution in [0.25, 0.3) is 10.9 Å². The van der Waals surface area contributed by atoms with Crippen molar-refractivity contribution in [1.82, 2.24) is 9.88 Å². The summed E-state index contributed by atoms with van der Waals surface area (Å²) in [6.45, 7) is 0.178. The number of hydrogen-bond acceptors (Lipinski definition) is 4. The van der Waals surface area contributed by atoms with Gasteiger partial charge in [0, 0.05) is 24.5 Å². The molecule has 6 N–H and O–H groups in total. The maximum atomic E-state index is 13.5. The quantitative estimate of drug-likeness (QED) is 0.393. The zero-order valence-corrected chi connectivity index (χ0v) is 15.3. The van der Waals surface area contributed by atoms with E-state index in [9.17, 15) is 18.0 Å². The molecule has 0 bridgehead atoms. The van der Waals surface area contributed by atoms with Crippen LogP contribution in [-0.2, 0) is 12.7 Å². The number of fused-ring (bicyclic) bond motifs is 1. The van der Waals surface area contributed by atoms with Gasteiger partial charge < -0.3 is 21.2 Å². The molecular weight excluding hydrogens is 387 g/mol. The van der Waals surface area contributed by atoms with Gasteiger partial charge in [-0.3, -0.25) is 15.1 Å². The first-order chi connectivity index (χ1) is 13.6. The Hall–Kier alpha value is -3.53. The van der Waals surface area contributed by atoms with Crippen molar-refractivity contribution in [2.45, 2.75) is 12.7 Å². The topological polar surface area (TPSA) is 121 Å². The van der Waals surface area contributed by atoms with E-state index in [1.165, 1.54) is 13.1 Å². The third-order valence-corrected chi connectivity index (χ3v) is 4.37. The lowest BCUT2D eigenvalue weighted by atomic mass is 10.1. The number of para-hydroxylation sites is 1. The summed E-state index contributed by atoms with van der Waals surface area (Å²) in [5.41, 5.74) is 10.5. The molecule has 152 valence electrons. The molecule has 0 aliphatic carbocycles. The van der Waals surface area contributed by atoms with Crippen molar-refractivity contribution in [3.05, 3.63) is 59.3 Å². The third kappa shape index (κ3) is 3.87. The number of halogens is 3. The highest BCUT2D eigenvalue weighted by Crippen LogP contribution is 2.40. The minimum Gasteiger partial charge on any atom is -0.455 e. The Morgan fingerprint density at radius 3 is 2.52 bits per heavy atom. The highest BCUT2D eigenvalue weighted by atomic mass is 19.4. The number of nitrogens with zero attached hydrogens (tertiary/aromatic N) is 1. The zero-order valence-electron chi connectivity index (χ0n) is 15.3. The van der Waals surface area contributed by atoms with Gasteiger partial charge in [-0.25, -0.2) is 0 Å². The molecule has 0 spiro atoms. The molecule has 3 aromatic rings. The van der Waals surface area contributed by atoms with Crippen LogP contribution in [0.15, 0.2) is 42.5 Å². The van der Waals surface area contributed by atoms with Crippen LogP contribution >= 0.6 is 0 Å². The van der Waals surface area contributed by atoms with E-state index < -0.39 is 23.6 Å². The number of carbonyl (C=O) groups is 1. The molecule has 0 fully saturated rings. The van der Waals surface area contributed by atoms with Gasteiger partial charge in [0.25, 0.3) is 5.91 Å². The Balaban J connectivity index is 2.16. The molecule has 0 radical (unpaired) electrons. The molecular formula is C19H18F3N5O2. The average Bonchev–Trinajstić information content (AvgIpc) is 3.11. The van der Waals surface area contributed by atoms with Crippen LogP contribution in [0.4, 0.5) is 13.2 Å². The maximum Gasteiger partial charge on any atom is 0.417 e. The Morgan fingerprint density at radius 1 is 1.21 bits per heavy atom. The summed E-state index contributed by atoms with van der Waals surface area (Å²) in [5, 5.41) is 7.11. The number of aromatic amines is 1. The fourth-order valence-electron chi connectivity index (χ4n) is 2.82. The van der Waals surface area contributed by atoms with Crippen LogP contribution in [0.3, 0.4) is 0 Å². The zero-order chi connectivity index (χ0) is 21.3. The van der Waals surface area contributed by atoms with Crippen molar-refractivity contribution in [3.8, 4) is 11.5 Å². The molecule has 1 heterocycles. The molecule has 7 nitrogen and oxygen atoms in total. The van der Waals surface area contributed by atoms with Crippen molar-refractivity contribution >= 4 is 22.8 Å². The first kappa shape index (κ1) is 20.2. The maximum absolute atomic E-state index is 13.5. The monoisotopic (exact) mass is 405 g/mol. The number of hydrogen-bond donors (Lipinski definition) is 4. The summed E-state index contributed by atoms with van der Waals surface area (Å²) < 4.78 is 46.2. The SMILES string of the molecule is CN(C(=N)N)C(=O)c1cc2c(C(F)(F)F)ccc(Oc3ccccc3CN)c2[nH]1. The van der Waals surface area contributed by atoms with E-state index in [-0.39, 0.29) is 28.9 Å². The van der Waals surface area contributed by atoms with Gasteiger partial charge in [0.2, 0.25) is 0 Å². The molecule has 1 aromatic heterocycles. The Bertz CT molecular complexity index is 1090. The lowest BCUT2D eigenvalue weighted by molar-refractivity contribution is -0.136. The first-order valence-corrected chi connectivity index (χ1v) is 8.44. The number of nitrogens with one attached hydrogen (secondary N) is 2. The molecule has 0 unspecified atom stereocenters. The second kappa shape index (κ2) is 7.47. The number of nitrogens with two attached hydrogens (primary N) is 2. The summed E-state index contributed by atoms with van der Waals surface area (Å²) in [4.78, 5) is 15.9. The van der Waals surface area contributed by atoms with E-state index in [1.54, 1.807) is 24.3 Å². The average molecular weight is 405 g/mol. The van der Waals surface area contributed by atoms with Gasteiger partial charge in [-0.05, 0) is 24.3 Å². The first-order valence-electron chi connectivity index (χ1n) is 8.44. The Morgan fingerprint density at radius 2 is 1.90 bits per heavy atom. The number of carbonyl (C=O) groups excluding carboxylic acids is 1. The van der Waals surface area contributed by atoms with Crippen LogP contribution in [-0.4, -0.2) is 28.8 Å². The summed E-state index contributed by atoms with van der Waals surface area (Å²) >= 11 is 0. The molecule has 3 rings (SSSR count). The summed E-state index contributed by atoms with van der Waals surface area (Å²) in [6.07, 6.45) is -4.64. The van der Waals surface area contributed by atoms with Crippen molar-refractivity contribution < 1.29 is 22.7 Å². The fraction of sp³-hybridized carbons (Fsp3) is 0.158. The fourth-order valence-corrected chi connectivity index (χ4v) is 2.82. The second-order valence-electron chi connectivity index (χ2n) is 6.24. The second-order valence-corrected chi connectivity index (χ2v) is 6.24. The number of benzene rings is 2. The normalized spacial score (nSPS) is 11.5. The minimum absolute atomic E-state index is 0.00745. The highest BCUT2D eigenvalue weighted by Gasteiger charge is 2.34. The van der Waals surface area contributed by atoms with Crippen LogP contribution in [0.1, 0.15) is 21.6 Å². The van der Waals surface area contributed by atoms with E-state index in [1.807, 2.05) is 0 Å². The minimum atomic E-state index is -4.64. The van der Waals surface area contributed by atoms with Gasteiger partial charge >= 0.3 is 6.18 Å². The van der Waals surface area contributed by atoms with Crippen molar-refractivity contribution in [3.63, 3.8) is 0 Å². The van der Waals surface area contributed by atoms with Gasteiger partial charge in [0.15, 0.2) is 11.7 Å². The molecule has 0 aliphatic rings. The molecule has 0 atom stereocenters. The van der Waals surface area contributed by atoms with Crippen LogP contribution in [0, 0.1) is 5.41 Å². The van der Waals surface area contributed by atoms with E-state index in [0.717, 1.165) is 17.0 Å². The molecule has 2 aromatic carbocycles. The summed E-state index contributed by atoms with van der Waals surface area (Å²) in [5.74, 6) is -0.814. The predicted molar refractivity (Wildman–Crippen MR) is 102 cm³/mol. The van der Waals surface area contributed by atoms with Crippen molar-refractivity contribution in [2.75, 3.05) is 7.05 Å². The molecule has 10 heteroatoms. The number of H-pyrrole nitrogens is 1. The van der Waals surface area contributed by atoms with Crippen molar-refractivity contribution in [1.29, 1.82) is 5.41 Å². The lowest BCUT2D eigenvalue weighted by Gasteiger charge is -2.13. The third-order valence-electron chi connectivity index (χ3n) is 4.37. The molecule has 0 saturated heterocycles. The van der Waals surface area contributed by atoms with E-state index in [0.29, 0.717) is 11.3 Å². The van der Waals surface area contributed by atoms with Crippen molar-refractivity contribution in [2.24, 2.45) is 11.5 Å². The van der Waals surface area contributed by atoms with Crippen LogP contribution in [0.2, 0.25) is 0 Å². The number of rotatable bonds is 4. The molecule has 0 saturated carbocycles. The lowest BCUT2D eigenvalue weighted by Crippen LogP contribution is -2.38. The largest absolute Gasteiger partial charge is 0.455 e. The molecule has 1 amide bonds. The summed E-state index contributed by atoms with van der Waals surface area (Å²) in [7, 11) is 1.25. The predicted octanol–water partition coefficient (Wildman–Crippen LogP) is 3.40. The number of aromatic nitrogens is 1. The number of ether oxygens (including phenoxy) is 1. The molecule has 0 aliphatic heterocycles. The van der Waals surface area contributed by atoms with Crippen LogP contribution in [0.5, 0.6) is 11.5 Å². The van der Waals surface area contributed by atoms with E-state index in [4.69, 9.17) is 21.6 Å². The van der Waals surface area contributed by atoms with Crippen LogP contribution < -0.4 is 16.2 Å². The van der Waals surface area contributed by atoms with Gasteiger partial charge in [-0.2, -0.15) is 13.2 Å². The molecule has 29 heavy (non-hydrogen) atoms. The summed E-state index contributed by atoms with van der Waals surface area (Å²) in [6, 6.07) is 9.99. The number of amides is 1.